The Kier molecular flexibility index (Phi) is 3.89. The number of nitrogens with zero attached hydrogens (tertiary/aromatic N) is 3. The van der Waals surface area contributed by atoms with Gasteiger partial charge in [0.2, 0.25) is 0 Å². The highest BCUT2D eigenvalue weighted by Crippen LogP contribution is 2.11. The quantitative estimate of drug-likeness (QED) is 0.762. The average molecular weight is 235 g/mol. The Labute approximate surface area is 99.8 Å². The van der Waals surface area contributed by atoms with E-state index in [0.717, 1.165) is 24.3 Å². The molecule has 1 unspecified atom stereocenters. The molecule has 2 aromatic heterocycles. The van der Waals surface area contributed by atoms with Crippen molar-refractivity contribution in [3.05, 3.63) is 24.7 Å². The second kappa shape index (κ2) is 5.60. The summed E-state index contributed by atoms with van der Waals surface area (Å²) < 4.78 is 6.76. The second-order valence-electron chi connectivity index (χ2n) is 3.87. The number of anilines is 1. The number of nitrogens with two attached hydrogens (primary N) is 1. The summed E-state index contributed by atoms with van der Waals surface area (Å²) >= 11 is 0. The first-order valence-electron chi connectivity index (χ1n) is 5.58. The topological polar surface area (TPSA) is 77.5 Å². The maximum Gasteiger partial charge on any atom is 0.152 e. The molecule has 17 heavy (non-hydrogen) atoms. The summed E-state index contributed by atoms with van der Waals surface area (Å²) in [6.45, 7) is 1.34. The van der Waals surface area contributed by atoms with Crippen LogP contribution >= 0.6 is 0 Å². The van der Waals surface area contributed by atoms with Crippen LogP contribution in [0.2, 0.25) is 0 Å². The van der Waals surface area contributed by atoms with Crippen LogP contribution in [0, 0.1) is 0 Å². The number of methoxy groups -OCH3 is 1. The van der Waals surface area contributed by atoms with Crippen molar-refractivity contribution in [2.24, 2.45) is 5.73 Å². The summed E-state index contributed by atoms with van der Waals surface area (Å²) in [5.74, 6) is 0.828. The molecule has 0 amide bonds. The van der Waals surface area contributed by atoms with Crippen LogP contribution in [0.3, 0.4) is 0 Å². The fourth-order valence-corrected chi connectivity index (χ4v) is 1.67. The van der Waals surface area contributed by atoms with Crippen LogP contribution in [-0.2, 0) is 4.74 Å². The van der Waals surface area contributed by atoms with Gasteiger partial charge in [-0.05, 0) is 12.5 Å². The molecule has 2 heterocycles. The highest BCUT2D eigenvalue weighted by atomic mass is 16.5. The minimum absolute atomic E-state index is 0.0529. The van der Waals surface area contributed by atoms with Crippen molar-refractivity contribution in [3.8, 4) is 0 Å². The third-order valence-corrected chi connectivity index (χ3v) is 2.51. The number of aromatic nitrogens is 3. The van der Waals surface area contributed by atoms with E-state index in [-0.39, 0.29) is 6.04 Å². The highest BCUT2D eigenvalue weighted by Gasteiger charge is 2.04. The summed E-state index contributed by atoms with van der Waals surface area (Å²) in [7, 11) is 1.65. The molecule has 0 aliphatic carbocycles. The molecule has 0 saturated carbocycles. The van der Waals surface area contributed by atoms with E-state index in [1.807, 2.05) is 12.3 Å². The van der Waals surface area contributed by atoms with Gasteiger partial charge >= 0.3 is 0 Å². The minimum Gasteiger partial charge on any atom is -0.383 e. The number of ether oxygens (including phenoxy) is 1. The van der Waals surface area contributed by atoms with Crippen LogP contribution in [-0.4, -0.2) is 40.9 Å². The Morgan fingerprint density at radius 1 is 1.53 bits per heavy atom. The van der Waals surface area contributed by atoms with Gasteiger partial charge in [-0.15, -0.1) is 0 Å². The normalized spacial score (nSPS) is 12.8. The van der Waals surface area contributed by atoms with E-state index in [2.05, 4.69) is 15.4 Å². The van der Waals surface area contributed by atoms with Gasteiger partial charge in [0.1, 0.15) is 5.52 Å². The van der Waals surface area contributed by atoms with E-state index in [4.69, 9.17) is 10.5 Å². The number of nitrogens with one attached hydrogen (secondary N) is 1. The lowest BCUT2D eigenvalue weighted by Gasteiger charge is -2.11. The fourth-order valence-electron chi connectivity index (χ4n) is 1.67. The predicted molar refractivity (Wildman–Crippen MR) is 65.9 cm³/mol. The molecule has 0 aliphatic rings. The van der Waals surface area contributed by atoms with Gasteiger partial charge in [0.25, 0.3) is 0 Å². The molecule has 0 spiro atoms. The standard InChI is InChI=1S/C11H17N5O/c1-17-8-9(12)2-4-13-11-10-3-5-15-16(10)7-6-14-11/h3,5-7,9H,2,4,8,12H2,1H3,(H,13,14). The minimum atomic E-state index is 0.0529. The molecule has 0 bridgehead atoms. The molecule has 0 aliphatic heterocycles. The molecule has 1 atom stereocenters. The van der Waals surface area contributed by atoms with Gasteiger partial charge in [-0.2, -0.15) is 5.10 Å². The first-order valence-corrected chi connectivity index (χ1v) is 5.58. The van der Waals surface area contributed by atoms with Crippen molar-refractivity contribution in [2.45, 2.75) is 12.5 Å². The number of hydrogen-bond acceptors (Lipinski definition) is 5. The smallest absolute Gasteiger partial charge is 0.152 e. The summed E-state index contributed by atoms with van der Waals surface area (Å²) in [6.07, 6.45) is 6.12. The van der Waals surface area contributed by atoms with Crippen LogP contribution in [0.4, 0.5) is 5.82 Å². The van der Waals surface area contributed by atoms with Crippen molar-refractivity contribution in [3.63, 3.8) is 0 Å². The Bertz CT molecular complexity index is 470. The molecule has 6 nitrogen and oxygen atoms in total. The van der Waals surface area contributed by atoms with Gasteiger partial charge in [-0.1, -0.05) is 0 Å². The molecule has 6 heteroatoms. The summed E-state index contributed by atoms with van der Waals surface area (Å²) in [6, 6.07) is 1.97. The Morgan fingerprint density at radius 3 is 3.24 bits per heavy atom. The SMILES string of the molecule is COCC(N)CCNc1nccn2nccc12. The largest absolute Gasteiger partial charge is 0.383 e. The lowest BCUT2D eigenvalue weighted by atomic mass is 10.2. The highest BCUT2D eigenvalue weighted by molar-refractivity contribution is 5.66. The maximum atomic E-state index is 5.84. The van der Waals surface area contributed by atoms with Crippen molar-refractivity contribution in [2.75, 3.05) is 25.6 Å². The van der Waals surface area contributed by atoms with Crippen LogP contribution < -0.4 is 11.1 Å². The molecule has 0 fully saturated rings. The molecule has 3 N–H and O–H groups in total. The molecular weight excluding hydrogens is 218 g/mol. The van der Waals surface area contributed by atoms with Gasteiger partial charge in [0.15, 0.2) is 5.82 Å². The van der Waals surface area contributed by atoms with E-state index < -0.39 is 0 Å². The molecule has 0 aromatic carbocycles. The van der Waals surface area contributed by atoms with Crippen LogP contribution in [0.25, 0.3) is 5.52 Å². The molecule has 92 valence electrons. The third kappa shape index (κ3) is 2.92. The van der Waals surface area contributed by atoms with Crippen LogP contribution in [0.5, 0.6) is 0 Å². The predicted octanol–water partition coefficient (Wildman–Crippen LogP) is 0.505. The lowest BCUT2D eigenvalue weighted by Crippen LogP contribution is -2.28. The van der Waals surface area contributed by atoms with Gasteiger partial charge in [0, 0.05) is 32.1 Å². The Morgan fingerprint density at radius 2 is 2.41 bits per heavy atom. The number of rotatable bonds is 6. The zero-order valence-corrected chi connectivity index (χ0v) is 9.84. The molecule has 2 rings (SSSR count). The van der Waals surface area contributed by atoms with E-state index in [9.17, 15) is 0 Å². The lowest BCUT2D eigenvalue weighted by molar-refractivity contribution is 0.178. The van der Waals surface area contributed by atoms with Gasteiger partial charge in [-0.25, -0.2) is 9.50 Å². The van der Waals surface area contributed by atoms with E-state index >= 15 is 0 Å². The monoisotopic (exact) mass is 235 g/mol. The molecule has 2 aromatic rings. The first kappa shape index (κ1) is 11.8. The van der Waals surface area contributed by atoms with Gasteiger partial charge in [-0.3, -0.25) is 0 Å². The third-order valence-electron chi connectivity index (χ3n) is 2.51. The maximum absolute atomic E-state index is 5.84. The van der Waals surface area contributed by atoms with E-state index in [1.165, 1.54) is 0 Å². The Balaban J connectivity index is 1.92. The van der Waals surface area contributed by atoms with Gasteiger partial charge < -0.3 is 15.8 Å². The average Bonchev–Trinajstić information content (AvgIpc) is 2.78. The zero-order valence-electron chi connectivity index (χ0n) is 9.84. The zero-order chi connectivity index (χ0) is 12.1. The van der Waals surface area contributed by atoms with Crippen molar-refractivity contribution in [1.29, 1.82) is 0 Å². The van der Waals surface area contributed by atoms with Crippen molar-refractivity contribution < 1.29 is 4.74 Å². The van der Waals surface area contributed by atoms with E-state index in [1.54, 1.807) is 24.0 Å². The Hall–Kier alpha value is -1.66. The van der Waals surface area contributed by atoms with Crippen LogP contribution in [0.1, 0.15) is 6.42 Å². The number of fused-ring (bicyclic) bond motifs is 1. The molecule has 0 saturated heterocycles. The van der Waals surface area contributed by atoms with Crippen LogP contribution in [0.15, 0.2) is 24.7 Å². The van der Waals surface area contributed by atoms with Crippen molar-refractivity contribution >= 4 is 11.3 Å². The molecule has 0 radical (unpaired) electrons. The van der Waals surface area contributed by atoms with Crippen molar-refractivity contribution in [1.82, 2.24) is 14.6 Å². The number of hydrogen-bond donors (Lipinski definition) is 2. The van der Waals surface area contributed by atoms with E-state index in [0.29, 0.717) is 6.61 Å². The molecular formula is C11H17N5O. The summed E-state index contributed by atoms with van der Waals surface area (Å²) in [4.78, 5) is 4.28. The summed E-state index contributed by atoms with van der Waals surface area (Å²) in [5, 5.41) is 7.40. The first-order chi connectivity index (χ1) is 8.31. The van der Waals surface area contributed by atoms with Gasteiger partial charge in [0.05, 0.1) is 12.8 Å². The summed E-state index contributed by atoms with van der Waals surface area (Å²) in [5.41, 5.74) is 6.80. The second-order valence-corrected chi connectivity index (χ2v) is 3.87. The fraction of sp³-hybridized carbons (Fsp3) is 0.455.